The molecule has 0 aliphatic heterocycles. The molecule has 2 aromatic carbocycles. The van der Waals surface area contributed by atoms with Crippen molar-refractivity contribution in [2.24, 2.45) is 0 Å². The Morgan fingerprint density at radius 2 is 1.50 bits per heavy atom. The van der Waals surface area contributed by atoms with E-state index in [9.17, 15) is 16.8 Å². The minimum atomic E-state index is -3.90. The number of nitrogens with one attached hydrogen (secondary N) is 1. The largest absolute Gasteiger partial charge is 0.269 e. The summed E-state index contributed by atoms with van der Waals surface area (Å²) in [6.07, 6.45) is 6.11. The van der Waals surface area contributed by atoms with Crippen LogP contribution in [-0.2, 0) is 20.0 Å². The summed E-state index contributed by atoms with van der Waals surface area (Å²) in [5.74, 6) is 0. The summed E-state index contributed by atoms with van der Waals surface area (Å²) in [6, 6.07) is 8.93. The highest BCUT2D eigenvalue weighted by atomic mass is 32.2. The molecule has 1 aromatic heterocycles. The lowest BCUT2D eigenvalue weighted by molar-refractivity contribution is 0.412. The van der Waals surface area contributed by atoms with Crippen molar-refractivity contribution in [3.8, 4) is 0 Å². The molecule has 4 rings (SSSR count). The lowest BCUT2D eigenvalue weighted by atomic mass is 9.96. The smallest absolute Gasteiger partial charge is 0.236 e. The van der Waals surface area contributed by atoms with Crippen LogP contribution >= 0.6 is 0 Å². The highest BCUT2D eigenvalue weighted by molar-refractivity contribution is 7.90. The van der Waals surface area contributed by atoms with Crippen molar-refractivity contribution in [3.05, 3.63) is 53.9 Å². The third kappa shape index (κ3) is 3.89. The van der Waals surface area contributed by atoms with Crippen LogP contribution < -0.4 is 4.72 Å². The van der Waals surface area contributed by atoms with Gasteiger partial charge in [-0.25, -0.2) is 30.5 Å². The summed E-state index contributed by atoms with van der Waals surface area (Å²) in [6.45, 7) is 3.86. The fourth-order valence-corrected chi connectivity index (χ4v) is 6.43. The van der Waals surface area contributed by atoms with Crippen LogP contribution in [0.4, 0.5) is 0 Å². The Labute approximate surface area is 177 Å². The third-order valence-electron chi connectivity index (χ3n) is 5.75. The zero-order valence-electron chi connectivity index (χ0n) is 17.0. The van der Waals surface area contributed by atoms with E-state index >= 15 is 0 Å². The zero-order chi connectivity index (χ0) is 21.5. The molecule has 1 N–H and O–H groups in total. The first-order valence-corrected chi connectivity index (χ1v) is 12.9. The Kier molecular flexibility index (Phi) is 5.46. The molecule has 0 saturated heterocycles. The van der Waals surface area contributed by atoms with Gasteiger partial charge in [-0.1, -0.05) is 19.3 Å². The molecule has 1 saturated carbocycles. The lowest BCUT2D eigenvalue weighted by Gasteiger charge is -2.22. The molecule has 160 valence electrons. The predicted octanol–water partition coefficient (Wildman–Crippen LogP) is 3.50. The van der Waals surface area contributed by atoms with Gasteiger partial charge < -0.3 is 0 Å². The van der Waals surface area contributed by atoms with E-state index in [4.69, 9.17) is 0 Å². The molecule has 7 nitrogen and oxygen atoms in total. The third-order valence-corrected chi connectivity index (χ3v) is 8.96. The van der Waals surface area contributed by atoms with Gasteiger partial charge in [0.2, 0.25) is 10.0 Å². The number of benzene rings is 2. The van der Waals surface area contributed by atoms with E-state index < -0.39 is 20.0 Å². The number of hydrogen-bond donors (Lipinski definition) is 1. The van der Waals surface area contributed by atoms with Gasteiger partial charge >= 0.3 is 0 Å². The average molecular weight is 448 g/mol. The van der Waals surface area contributed by atoms with Gasteiger partial charge in [0.15, 0.2) is 0 Å². The average Bonchev–Trinajstić information content (AvgIpc) is 3.12. The van der Waals surface area contributed by atoms with E-state index in [0.29, 0.717) is 11.0 Å². The molecule has 9 heteroatoms. The van der Waals surface area contributed by atoms with Crippen LogP contribution in [0.5, 0.6) is 0 Å². The summed E-state index contributed by atoms with van der Waals surface area (Å²) in [5.41, 5.74) is 3.09. The molecule has 1 fully saturated rings. The predicted molar refractivity (Wildman–Crippen MR) is 115 cm³/mol. The van der Waals surface area contributed by atoms with Crippen molar-refractivity contribution in [1.29, 1.82) is 0 Å². The maximum absolute atomic E-state index is 13.1. The zero-order valence-corrected chi connectivity index (χ0v) is 18.6. The molecular formula is C21H25N3O4S2. The number of rotatable bonds is 5. The molecule has 0 bridgehead atoms. The highest BCUT2D eigenvalue weighted by Gasteiger charge is 2.24. The molecule has 3 aromatic rings. The summed E-state index contributed by atoms with van der Waals surface area (Å²) in [4.78, 5) is 4.29. The van der Waals surface area contributed by atoms with Crippen molar-refractivity contribution < 1.29 is 16.8 Å². The highest BCUT2D eigenvalue weighted by Crippen LogP contribution is 2.25. The number of sulfonamides is 1. The Balaban J connectivity index is 1.64. The SMILES string of the molecule is Cc1cc2ncn(S(=O)(=O)c3ccc(S(=O)(=O)NC4CCCCC4)cc3)c2cc1C. The van der Waals surface area contributed by atoms with E-state index in [1.54, 1.807) is 6.07 Å². The van der Waals surface area contributed by atoms with Crippen LogP contribution in [0.1, 0.15) is 43.2 Å². The number of aryl methyl sites for hydroxylation is 2. The molecule has 1 aliphatic rings. The molecule has 0 unspecified atom stereocenters. The second kappa shape index (κ2) is 7.79. The molecular weight excluding hydrogens is 422 g/mol. The Hall–Kier alpha value is -2.23. The summed E-state index contributed by atoms with van der Waals surface area (Å²) < 4.78 is 55.5. The molecule has 0 spiro atoms. The van der Waals surface area contributed by atoms with Crippen molar-refractivity contribution >= 4 is 31.1 Å². The van der Waals surface area contributed by atoms with E-state index in [1.807, 2.05) is 19.9 Å². The number of aromatic nitrogens is 2. The van der Waals surface area contributed by atoms with E-state index in [1.165, 1.54) is 30.6 Å². The van der Waals surface area contributed by atoms with E-state index in [2.05, 4.69) is 9.71 Å². The second-order valence-corrected chi connectivity index (χ2v) is 11.4. The van der Waals surface area contributed by atoms with Gasteiger partial charge in [-0.15, -0.1) is 0 Å². The van der Waals surface area contributed by atoms with Crippen molar-refractivity contribution in [2.45, 2.75) is 61.8 Å². The van der Waals surface area contributed by atoms with Crippen molar-refractivity contribution in [2.75, 3.05) is 0 Å². The Bertz CT molecular complexity index is 1290. The Morgan fingerprint density at radius 3 is 2.17 bits per heavy atom. The molecule has 0 radical (unpaired) electrons. The lowest BCUT2D eigenvalue weighted by Crippen LogP contribution is -2.36. The minimum Gasteiger partial charge on any atom is -0.236 e. The van der Waals surface area contributed by atoms with Crippen molar-refractivity contribution in [1.82, 2.24) is 13.7 Å². The number of nitrogens with zero attached hydrogens (tertiary/aromatic N) is 2. The van der Waals surface area contributed by atoms with Gasteiger partial charge in [0.05, 0.1) is 20.8 Å². The summed E-state index contributed by atoms with van der Waals surface area (Å²) >= 11 is 0. The van der Waals surface area contributed by atoms with Crippen molar-refractivity contribution in [3.63, 3.8) is 0 Å². The van der Waals surface area contributed by atoms with E-state index in [-0.39, 0.29) is 15.8 Å². The first kappa shape index (κ1) is 21.0. The molecule has 1 heterocycles. The van der Waals surface area contributed by atoms with Crippen LogP contribution in [0.15, 0.2) is 52.5 Å². The second-order valence-electron chi connectivity index (χ2n) is 7.90. The minimum absolute atomic E-state index is 0.0108. The summed E-state index contributed by atoms with van der Waals surface area (Å²) in [5, 5.41) is 0. The van der Waals surface area contributed by atoms with Crippen LogP contribution in [0.3, 0.4) is 0 Å². The standard InChI is InChI=1S/C21H25N3O4S2/c1-15-12-20-21(13-16(15)2)24(14-22-20)30(27,28)19-10-8-18(9-11-19)29(25,26)23-17-6-4-3-5-7-17/h8-14,17,23H,3-7H2,1-2H3. The molecule has 0 atom stereocenters. The topological polar surface area (TPSA) is 98.1 Å². The van der Waals surface area contributed by atoms with Crippen LogP contribution in [0, 0.1) is 13.8 Å². The number of fused-ring (bicyclic) bond motifs is 1. The van der Waals surface area contributed by atoms with E-state index in [0.717, 1.165) is 47.2 Å². The van der Waals surface area contributed by atoms with Gasteiger partial charge in [0, 0.05) is 6.04 Å². The number of imidazole rings is 1. The number of hydrogen-bond acceptors (Lipinski definition) is 5. The van der Waals surface area contributed by atoms with Crippen LogP contribution in [-0.4, -0.2) is 31.8 Å². The fraction of sp³-hybridized carbons (Fsp3) is 0.381. The van der Waals surface area contributed by atoms with Gasteiger partial charge in [0.25, 0.3) is 10.0 Å². The van der Waals surface area contributed by atoms with Gasteiger partial charge in [0.1, 0.15) is 6.33 Å². The Morgan fingerprint density at radius 1 is 0.900 bits per heavy atom. The van der Waals surface area contributed by atoms with Gasteiger partial charge in [-0.2, -0.15) is 0 Å². The first-order valence-electron chi connectivity index (χ1n) is 10.0. The fourth-order valence-electron chi connectivity index (χ4n) is 3.85. The maximum Gasteiger partial charge on any atom is 0.269 e. The quantitative estimate of drug-likeness (QED) is 0.645. The monoisotopic (exact) mass is 447 g/mol. The van der Waals surface area contributed by atoms with Crippen LogP contribution in [0.25, 0.3) is 11.0 Å². The van der Waals surface area contributed by atoms with Gasteiger partial charge in [-0.3, -0.25) is 0 Å². The normalized spacial score (nSPS) is 16.2. The maximum atomic E-state index is 13.1. The first-order chi connectivity index (χ1) is 14.2. The molecule has 1 aliphatic carbocycles. The molecule has 30 heavy (non-hydrogen) atoms. The van der Waals surface area contributed by atoms with Gasteiger partial charge in [-0.05, 0) is 74.2 Å². The molecule has 0 amide bonds. The summed E-state index contributed by atoms with van der Waals surface area (Å²) in [7, 11) is -7.59. The van der Waals surface area contributed by atoms with Crippen LogP contribution in [0.2, 0.25) is 0 Å².